The van der Waals surface area contributed by atoms with Crippen LogP contribution in [0.1, 0.15) is 22.4 Å². The van der Waals surface area contributed by atoms with E-state index in [-0.39, 0.29) is 0 Å². The number of rotatable bonds is 9. The largest absolute Gasteiger partial charge is 0.496 e. The van der Waals surface area contributed by atoms with E-state index in [1.165, 1.54) is 11.3 Å². The number of thiazole rings is 1. The Morgan fingerprint density at radius 2 is 2.04 bits per heavy atom. The van der Waals surface area contributed by atoms with E-state index >= 15 is 0 Å². The summed E-state index contributed by atoms with van der Waals surface area (Å²) in [5.74, 6) is 1.63. The highest BCUT2D eigenvalue weighted by atomic mass is 32.1. The molecule has 1 aromatic heterocycles. The van der Waals surface area contributed by atoms with Gasteiger partial charge in [-0.25, -0.2) is 4.98 Å². The Morgan fingerprint density at radius 3 is 2.79 bits per heavy atom. The summed E-state index contributed by atoms with van der Waals surface area (Å²) in [5, 5.41) is 7.00. The fraction of sp³-hybridized carbons (Fsp3) is 0.182. The molecule has 6 heteroatoms. The van der Waals surface area contributed by atoms with Crippen molar-refractivity contribution in [3.05, 3.63) is 82.9 Å². The molecule has 1 N–H and O–H groups in total. The Balaban J connectivity index is 1.71. The molecule has 0 spiro atoms. The summed E-state index contributed by atoms with van der Waals surface area (Å²) in [6, 6.07) is 13.9. The number of para-hydroxylation sites is 1. The van der Waals surface area contributed by atoms with Crippen LogP contribution >= 0.6 is 11.3 Å². The molecule has 0 bridgehead atoms. The minimum Gasteiger partial charge on any atom is -0.496 e. The molecule has 0 atom stereocenters. The highest BCUT2D eigenvalue weighted by molar-refractivity contribution is 7.13. The molecule has 5 nitrogen and oxygen atoms in total. The van der Waals surface area contributed by atoms with Gasteiger partial charge in [-0.15, -0.1) is 17.9 Å². The summed E-state index contributed by atoms with van der Waals surface area (Å²) in [6.45, 7) is 6.16. The van der Waals surface area contributed by atoms with Crippen LogP contribution < -0.4 is 14.9 Å². The molecular formula is C22H23N3O2S. The SMILES string of the molecule is C=CCc1ccccc1OCc1cc(C=NNc2nc(C)cs2)ccc1OC. The van der Waals surface area contributed by atoms with Gasteiger partial charge in [0.25, 0.3) is 0 Å². The molecule has 0 saturated carbocycles. The number of aromatic nitrogens is 1. The van der Waals surface area contributed by atoms with Crippen molar-refractivity contribution >= 4 is 22.7 Å². The molecule has 0 saturated heterocycles. The maximum atomic E-state index is 6.05. The van der Waals surface area contributed by atoms with Crippen LogP contribution in [0.2, 0.25) is 0 Å². The van der Waals surface area contributed by atoms with Crippen molar-refractivity contribution in [2.24, 2.45) is 5.10 Å². The van der Waals surface area contributed by atoms with Crippen LogP contribution in [0, 0.1) is 6.92 Å². The number of nitrogens with one attached hydrogen (secondary N) is 1. The van der Waals surface area contributed by atoms with Gasteiger partial charge in [0, 0.05) is 10.9 Å². The van der Waals surface area contributed by atoms with Gasteiger partial charge < -0.3 is 9.47 Å². The van der Waals surface area contributed by atoms with Crippen LogP contribution in [0.3, 0.4) is 0 Å². The third kappa shape index (κ3) is 5.20. The predicted octanol–water partition coefficient (Wildman–Crippen LogP) is 5.21. The lowest BCUT2D eigenvalue weighted by molar-refractivity contribution is 0.294. The van der Waals surface area contributed by atoms with Gasteiger partial charge in [0.15, 0.2) is 0 Å². The molecular weight excluding hydrogens is 370 g/mol. The second kappa shape index (κ2) is 9.71. The van der Waals surface area contributed by atoms with E-state index in [9.17, 15) is 0 Å². The molecule has 144 valence electrons. The van der Waals surface area contributed by atoms with Gasteiger partial charge in [0.2, 0.25) is 5.13 Å². The minimum atomic E-state index is 0.401. The van der Waals surface area contributed by atoms with E-state index in [1.54, 1.807) is 13.3 Å². The fourth-order valence-corrected chi connectivity index (χ4v) is 3.32. The van der Waals surface area contributed by atoms with Crippen LogP contribution in [0.25, 0.3) is 0 Å². The van der Waals surface area contributed by atoms with E-state index in [4.69, 9.17) is 9.47 Å². The maximum absolute atomic E-state index is 6.05. The molecule has 3 rings (SSSR count). The van der Waals surface area contributed by atoms with Crippen molar-refractivity contribution in [1.82, 2.24) is 4.98 Å². The molecule has 0 aliphatic rings. The Morgan fingerprint density at radius 1 is 1.18 bits per heavy atom. The number of anilines is 1. The predicted molar refractivity (Wildman–Crippen MR) is 116 cm³/mol. The summed E-state index contributed by atoms with van der Waals surface area (Å²) in [6.07, 6.45) is 4.39. The van der Waals surface area contributed by atoms with Crippen molar-refractivity contribution < 1.29 is 9.47 Å². The van der Waals surface area contributed by atoms with E-state index < -0.39 is 0 Å². The Kier molecular flexibility index (Phi) is 6.81. The fourth-order valence-electron chi connectivity index (χ4n) is 2.68. The lowest BCUT2D eigenvalue weighted by Gasteiger charge is -2.13. The number of allylic oxidation sites excluding steroid dienone is 1. The first kappa shape index (κ1) is 19.6. The summed E-state index contributed by atoms with van der Waals surface area (Å²) in [5.41, 5.74) is 6.92. The topological polar surface area (TPSA) is 55.7 Å². The highest BCUT2D eigenvalue weighted by Gasteiger charge is 2.07. The molecule has 0 radical (unpaired) electrons. The van der Waals surface area contributed by atoms with E-state index in [1.807, 2.05) is 60.8 Å². The molecule has 0 fully saturated rings. The van der Waals surface area contributed by atoms with Crippen molar-refractivity contribution in [2.75, 3.05) is 12.5 Å². The van der Waals surface area contributed by atoms with Crippen molar-refractivity contribution in [1.29, 1.82) is 0 Å². The lowest BCUT2D eigenvalue weighted by Crippen LogP contribution is -2.02. The second-order valence-electron chi connectivity index (χ2n) is 6.12. The molecule has 0 aliphatic heterocycles. The zero-order valence-corrected chi connectivity index (χ0v) is 16.8. The van der Waals surface area contributed by atoms with Crippen LogP contribution in [-0.2, 0) is 13.0 Å². The van der Waals surface area contributed by atoms with Crippen LogP contribution in [0.4, 0.5) is 5.13 Å². The van der Waals surface area contributed by atoms with Crippen LogP contribution in [-0.4, -0.2) is 18.3 Å². The summed E-state index contributed by atoms with van der Waals surface area (Å²) >= 11 is 1.52. The Labute approximate surface area is 169 Å². The molecule has 0 aliphatic carbocycles. The first-order valence-electron chi connectivity index (χ1n) is 8.89. The van der Waals surface area contributed by atoms with Gasteiger partial charge >= 0.3 is 0 Å². The van der Waals surface area contributed by atoms with Crippen molar-refractivity contribution in [2.45, 2.75) is 20.0 Å². The lowest BCUT2D eigenvalue weighted by atomic mass is 10.1. The Hall–Kier alpha value is -3.12. The van der Waals surface area contributed by atoms with E-state index in [2.05, 4.69) is 22.1 Å². The number of hydrazone groups is 1. The number of aryl methyl sites for hydroxylation is 1. The molecule has 3 aromatic rings. The summed E-state index contributed by atoms with van der Waals surface area (Å²) < 4.78 is 11.5. The van der Waals surface area contributed by atoms with Crippen LogP contribution in [0.15, 0.2) is 65.6 Å². The van der Waals surface area contributed by atoms with Gasteiger partial charge in [0.05, 0.1) is 19.0 Å². The van der Waals surface area contributed by atoms with Gasteiger partial charge in [-0.3, -0.25) is 5.43 Å². The monoisotopic (exact) mass is 393 g/mol. The molecule has 2 aromatic carbocycles. The number of ether oxygens (including phenoxy) is 2. The quantitative estimate of drug-likeness (QED) is 0.308. The van der Waals surface area contributed by atoms with Gasteiger partial charge in [-0.2, -0.15) is 5.10 Å². The summed E-state index contributed by atoms with van der Waals surface area (Å²) in [7, 11) is 1.66. The first-order chi connectivity index (χ1) is 13.7. The van der Waals surface area contributed by atoms with Crippen molar-refractivity contribution in [3.63, 3.8) is 0 Å². The maximum Gasteiger partial charge on any atom is 0.203 e. The normalized spacial score (nSPS) is 10.8. The minimum absolute atomic E-state index is 0.401. The average molecular weight is 394 g/mol. The Bertz CT molecular complexity index is 966. The first-order valence-corrected chi connectivity index (χ1v) is 9.77. The molecule has 0 unspecified atom stereocenters. The number of nitrogens with zero attached hydrogens (tertiary/aromatic N) is 2. The highest BCUT2D eigenvalue weighted by Crippen LogP contribution is 2.24. The number of hydrogen-bond donors (Lipinski definition) is 1. The van der Waals surface area contributed by atoms with E-state index in [0.717, 1.165) is 45.4 Å². The van der Waals surface area contributed by atoms with Gasteiger partial charge in [0.1, 0.15) is 18.1 Å². The number of benzene rings is 2. The third-order valence-corrected chi connectivity index (χ3v) is 4.88. The van der Waals surface area contributed by atoms with Crippen LogP contribution in [0.5, 0.6) is 11.5 Å². The standard InChI is InChI=1S/C22H23N3O2S/c1-4-7-18-8-5-6-9-21(18)27-14-19-12-17(10-11-20(19)26-3)13-23-25-22-24-16(2)15-28-22/h4-6,8-13,15H,1,7,14H2,2-3H3,(H,24,25). The molecule has 1 heterocycles. The smallest absolute Gasteiger partial charge is 0.203 e. The van der Waals surface area contributed by atoms with Crippen molar-refractivity contribution in [3.8, 4) is 11.5 Å². The third-order valence-electron chi connectivity index (χ3n) is 4.02. The second-order valence-corrected chi connectivity index (χ2v) is 6.98. The number of methoxy groups -OCH3 is 1. The number of hydrogen-bond acceptors (Lipinski definition) is 6. The summed E-state index contributed by atoms with van der Waals surface area (Å²) in [4.78, 5) is 4.32. The average Bonchev–Trinajstić information content (AvgIpc) is 3.13. The van der Waals surface area contributed by atoms with Gasteiger partial charge in [-0.05, 0) is 48.7 Å². The zero-order valence-electron chi connectivity index (χ0n) is 16.0. The zero-order chi connectivity index (χ0) is 19.8. The molecule has 28 heavy (non-hydrogen) atoms. The molecule has 0 amide bonds. The van der Waals surface area contributed by atoms with Gasteiger partial charge in [-0.1, -0.05) is 24.3 Å². The van der Waals surface area contributed by atoms with E-state index in [0.29, 0.717) is 6.61 Å².